The summed E-state index contributed by atoms with van der Waals surface area (Å²) in [5.41, 5.74) is 1.97. The maximum absolute atomic E-state index is 13.5. The van der Waals surface area contributed by atoms with Gasteiger partial charge in [-0.1, -0.05) is 6.92 Å². The van der Waals surface area contributed by atoms with Crippen molar-refractivity contribution in [1.29, 1.82) is 0 Å². The van der Waals surface area contributed by atoms with E-state index in [-0.39, 0.29) is 37.4 Å². The standard InChI is InChI=1S/C32H38FN5O6/c1-20-17-38(21(2)19-39)30(40)16-22-15-26(35-31(41)34-24-7-5-23(33)6-8-24)11-14-28(22)44-29(20)18-37(3)32(42)36-25-9-12-27(43-4)13-10-25/h5-15,20-21,29,39H,16-19H2,1-4H3,(H,36,42)(H2,34,35,41)/t20-,21+,29-/m1/s1. The third kappa shape index (κ3) is 8.38. The molecular formula is C32H38FN5O6. The van der Waals surface area contributed by atoms with Crippen LogP contribution in [0.3, 0.4) is 0 Å². The number of carbonyl (C=O) groups excluding carboxylic acids is 3. The highest BCUT2D eigenvalue weighted by atomic mass is 19.1. The maximum atomic E-state index is 13.5. The van der Waals surface area contributed by atoms with Gasteiger partial charge in [-0.2, -0.15) is 0 Å². The number of fused-ring (bicyclic) bond motifs is 1. The van der Waals surface area contributed by atoms with E-state index in [0.717, 1.165) is 0 Å². The fraction of sp³-hybridized carbons (Fsp3) is 0.344. The fourth-order valence-corrected chi connectivity index (χ4v) is 4.80. The number of benzene rings is 3. The Morgan fingerprint density at radius 1 is 1.05 bits per heavy atom. The van der Waals surface area contributed by atoms with Crippen LogP contribution in [0.4, 0.5) is 31.0 Å². The molecule has 5 amide bonds. The number of aliphatic hydroxyl groups excluding tert-OH is 1. The molecule has 0 aromatic heterocycles. The molecule has 3 aromatic rings. The average molecular weight is 608 g/mol. The zero-order chi connectivity index (χ0) is 31.8. The second-order valence-corrected chi connectivity index (χ2v) is 10.8. The maximum Gasteiger partial charge on any atom is 0.323 e. The van der Waals surface area contributed by atoms with E-state index in [0.29, 0.717) is 40.7 Å². The smallest absolute Gasteiger partial charge is 0.323 e. The molecule has 0 radical (unpaired) electrons. The monoisotopic (exact) mass is 607 g/mol. The summed E-state index contributed by atoms with van der Waals surface area (Å²) in [6, 6.07) is 16.0. The Morgan fingerprint density at radius 3 is 2.32 bits per heavy atom. The number of aliphatic hydroxyl groups is 1. The van der Waals surface area contributed by atoms with Crippen molar-refractivity contribution in [2.75, 3.05) is 49.8 Å². The first-order valence-corrected chi connectivity index (χ1v) is 14.3. The van der Waals surface area contributed by atoms with Gasteiger partial charge in [0.15, 0.2) is 0 Å². The molecule has 0 saturated heterocycles. The minimum Gasteiger partial charge on any atom is -0.497 e. The van der Waals surface area contributed by atoms with E-state index in [1.165, 1.54) is 29.2 Å². The lowest BCUT2D eigenvalue weighted by Crippen LogP contribution is -2.48. The highest BCUT2D eigenvalue weighted by Crippen LogP contribution is 2.29. The van der Waals surface area contributed by atoms with Gasteiger partial charge in [-0.05, 0) is 73.7 Å². The van der Waals surface area contributed by atoms with E-state index >= 15 is 0 Å². The summed E-state index contributed by atoms with van der Waals surface area (Å²) < 4.78 is 24.9. The van der Waals surface area contributed by atoms with Crippen LogP contribution in [0.2, 0.25) is 0 Å². The minimum atomic E-state index is -0.543. The van der Waals surface area contributed by atoms with Gasteiger partial charge in [-0.15, -0.1) is 0 Å². The first-order chi connectivity index (χ1) is 21.1. The zero-order valence-electron chi connectivity index (χ0n) is 25.2. The normalized spacial score (nSPS) is 17.1. The van der Waals surface area contributed by atoms with Crippen molar-refractivity contribution in [2.24, 2.45) is 5.92 Å². The highest BCUT2D eigenvalue weighted by molar-refractivity contribution is 6.00. The predicted molar refractivity (Wildman–Crippen MR) is 166 cm³/mol. The van der Waals surface area contributed by atoms with Crippen LogP contribution in [0.5, 0.6) is 11.5 Å². The highest BCUT2D eigenvalue weighted by Gasteiger charge is 2.32. The number of nitrogens with zero attached hydrogens (tertiary/aromatic N) is 2. The average Bonchev–Trinajstić information content (AvgIpc) is 3.05. The van der Waals surface area contributed by atoms with Gasteiger partial charge in [0.05, 0.1) is 32.7 Å². The van der Waals surface area contributed by atoms with Crippen LogP contribution in [0.25, 0.3) is 0 Å². The van der Waals surface area contributed by atoms with Crippen molar-refractivity contribution >= 4 is 35.0 Å². The van der Waals surface area contributed by atoms with Crippen LogP contribution in [-0.4, -0.2) is 78.9 Å². The number of likely N-dealkylation sites (N-methyl/N-ethyl adjacent to an activating group) is 1. The van der Waals surface area contributed by atoms with E-state index < -0.39 is 24.0 Å². The van der Waals surface area contributed by atoms with Gasteiger partial charge in [-0.3, -0.25) is 4.79 Å². The summed E-state index contributed by atoms with van der Waals surface area (Å²) in [6.45, 7) is 4.00. The molecule has 0 unspecified atom stereocenters. The van der Waals surface area contributed by atoms with Gasteiger partial charge in [0.25, 0.3) is 0 Å². The van der Waals surface area contributed by atoms with Gasteiger partial charge in [0.2, 0.25) is 5.91 Å². The molecule has 4 N–H and O–H groups in total. The molecule has 0 saturated carbocycles. The molecule has 11 nitrogen and oxygen atoms in total. The molecule has 0 aliphatic carbocycles. The second kappa shape index (κ2) is 14.6. The number of hydrogen-bond donors (Lipinski definition) is 4. The van der Waals surface area contributed by atoms with Crippen LogP contribution in [0.15, 0.2) is 66.7 Å². The van der Waals surface area contributed by atoms with Gasteiger partial charge in [0.1, 0.15) is 23.4 Å². The Morgan fingerprint density at radius 2 is 1.66 bits per heavy atom. The SMILES string of the molecule is COc1ccc(NC(=O)N(C)C[C@H]2Oc3ccc(NC(=O)Nc4ccc(F)cc4)cc3CC(=O)N([C@@H](C)CO)C[C@H]2C)cc1. The Balaban J connectivity index is 1.54. The number of carbonyl (C=O) groups is 3. The van der Waals surface area contributed by atoms with Crippen molar-refractivity contribution in [1.82, 2.24) is 9.80 Å². The molecule has 3 atom stereocenters. The third-order valence-corrected chi connectivity index (χ3v) is 7.42. The van der Waals surface area contributed by atoms with Gasteiger partial charge in [0, 0.05) is 42.1 Å². The number of rotatable bonds is 8. The molecule has 0 bridgehead atoms. The van der Waals surface area contributed by atoms with Gasteiger partial charge < -0.3 is 40.3 Å². The van der Waals surface area contributed by atoms with E-state index in [2.05, 4.69) is 16.0 Å². The van der Waals surface area contributed by atoms with Crippen LogP contribution in [0, 0.1) is 11.7 Å². The molecule has 44 heavy (non-hydrogen) atoms. The third-order valence-electron chi connectivity index (χ3n) is 7.42. The number of amides is 5. The van der Waals surface area contributed by atoms with Crippen molar-refractivity contribution < 1.29 is 33.4 Å². The van der Waals surface area contributed by atoms with E-state index in [1.807, 2.05) is 6.92 Å². The number of hydrogen-bond acceptors (Lipinski definition) is 6. The molecule has 1 aliphatic heterocycles. The molecule has 0 fully saturated rings. The number of anilines is 3. The summed E-state index contributed by atoms with van der Waals surface area (Å²) in [7, 11) is 3.23. The van der Waals surface area contributed by atoms with E-state index in [4.69, 9.17) is 9.47 Å². The Bertz CT molecular complexity index is 1450. The zero-order valence-corrected chi connectivity index (χ0v) is 25.2. The van der Waals surface area contributed by atoms with Crippen LogP contribution in [0.1, 0.15) is 19.4 Å². The summed E-state index contributed by atoms with van der Waals surface area (Å²) in [4.78, 5) is 42.2. The number of halogens is 1. The molecule has 1 aliphatic rings. The first kappa shape index (κ1) is 32.1. The fourth-order valence-electron chi connectivity index (χ4n) is 4.80. The van der Waals surface area contributed by atoms with Crippen molar-refractivity contribution in [3.05, 3.63) is 78.1 Å². The molecular weight excluding hydrogens is 569 g/mol. The Hall–Kier alpha value is -4.84. The molecule has 3 aromatic carbocycles. The lowest BCUT2D eigenvalue weighted by molar-refractivity contribution is -0.134. The number of ether oxygens (including phenoxy) is 2. The van der Waals surface area contributed by atoms with Crippen LogP contribution in [-0.2, 0) is 11.2 Å². The summed E-state index contributed by atoms with van der Waals surface area (Å²) >= 11 is 0. The van der Waals surface area contributed by atoms with Gasteiger partial charge in [-0.25, -0.2) is 14.0 Å². The van der Waals surface area contributed by atoms with Crippen LogP contribution < -0.4 is 25.4 Å². The first-order valence-electron chi connectivity index (χ1n) is 14.3. The Labute approximate surface area is 255 Å². The topological polar surface area (TPSA) is 132 Å². The van der Waals surface area contributed by atoms with Crippen molar-refractivity contribution in [3.63, 3.8) is 0 Å². The predicted octanol–water partition coefficient (Wildman–Crippen LogP) is 4.79. The second-order valence-electron chi connectivity index (χ2n) is 10.8. The molecule has 4 rings (SSSR count). The Kier molecular flexibility index (Phi) is 10.6. The van der Waals surface area contributed by atoms with Gasteiger partial charge >= 0.3 is 12.1 Å². The summed E-state index contributed by atoms with van der Waals surface area (Å²) in [6.07, 6.45) is -0.539. The molecule has 12 heteroatoms. The largest absolute Gasteiger partial charge is 0.497 e. The summed E-state index contributed by atoms with van der Waals surface area (Å²) in [5, 5.41) is 18.1. The number of methoxy groups -OCH3 is 1. The lowest BCUT2D eigenvalue weighted by Gasteiger charge is -2.34. The number of nitrogens with one attached hydrogen (secondary N) is 3. The minimum absolute atomic E-state index is 0.0258. The summed E-state index contributed by atoms with van der Waals surface area (Å²) in [5.74, 6) is 0.282. The van der Waals surface area contributed by atoms with E-state index in [1.54, 1.807) is 68.4 Å². The number of urea groups is 2. The van der Waals surface area contributed by atoms with Crippen molar-refractivity contribution in [3.8, 4) is 11.5 Å². The van der Waals surface area contributed by atoms with Crippen LogP contribution >= 0.6 is 0 Å². The quantitative estimate of drug-likeness (QED) is 0.291. The molecule has 0 spiro atoms. The van der Waals surface area contributed by atoms with Crippen molar-refractivity contribution in [2.45, 2.75) is 32.4 Å². The molecule has 234 valence electrons. The molecule has 1 heterocycles. The lowest BCUT2D eigenvalue weighted by atomic mass is 10.0. The van der Waals surface area contributed by atoms with E-state index in [9.17, 15) is 23.9 Å².